The highest BCUT2D eigenvalue weighted by molar-refractivity contribution is 9.10. The van der Waals surface area contributed by atoms with Crippen LogP contribution in [-0.2, 0) is 17.1 Å². The zero-order chi connectivity index (χ0) is 15.8. The molecule has 0 saturated heterocycles. The average molecular weight is 395 g/mol. The van der Waals surface area contributed by atoms with Crippen LogP contribution in [0.15, 0.2) is 27.8 Å². The van der Waals surface area contributed by atoms with E-state index in [1.54, 1.807) is 37.2 Å². The van der Waals surface area contributed by atoms with E-state index < -0.39 is 10.0 Å². The number of rotatable bonds is 4. The summed E-state index contributed by atoms with van der Waals surface area (Å²) in [7, 11) is 1.21. The third kappa shape index (κ3) is 3.14. The van der Waals surface area contributed by atoms with Crippen molar-refractivity contribution in [2.24, 2.45) is 7.05 Å². The SMILES string of the molecule is CN(C)c1c(Cl)cccc1NS(=O)(=O)c1c(Br)nnn1C. The first-order chi connectivity index (χ1) is 9.74. The first-order valence-corrected chi connectivity index (χ1v) is 8.43. The number of sulfonamides is 1. The maximum absolute atomic E-state index is 12.5. The number of nitrogens with zero attached hydrogens (tertiary/aromatic N) is 4. The maximum atomic E-state index is 12.5. The summed E-state index contributed by atoms with van der Waals surface area (Å²) in [6.07, 6.45) is 0. The summed E-state index contributed by atoms with van der Waals surface area (Å²) >= 11 is 9.20. The largest absolute Gasteiger partial charge is 0.375 e. The van der Waals surface area contributed by atoms with Gasteiger partial charge in [-0.2, -0.15) is 8.42 Å². The molecule has 21 heavy (non-hydrogen) atoms. The van der Waals surface area contributed by atoms with Crippen LogP contribution in [0.5, 0.6) is 0 Å². The molecule has 0 fully saturated rings. The van der Waals surface area contributed by atoms with Crippen molar-refractivity contribution in [1.82, 2.24) is 15.0 Å². The summed E-state index contributed by atoms with van der Waals surface area (Å²) in [6, 6.07) is 5.00. The van der Waals surface area contributed by atoms with Crippen LogP contribution in [0.3, 0.4) is 0 Å². The van der Waals surface area contributed by atoms with Crippen LogP contribution in [0.25, 0.3) is 0 Å². The normalized spacial score (nSPS) is 11.5. The smallest absolute Gasteiger partial charge is 0.281 e. The van der Waals surface area contributed by atoms with E-state index in [9.17, 15) is 8.42 Å². The predicted octanol–water partition coefficient (Wildman–Crippen LogP) is 2.10. The highest BCUT2D eigenvalue weighted by Gasteiger charge is 2.25. The van der Waals surface area contributed by atoms with Crippen molar-refractivity contribution in [3.8, 4) is 0 Å². The van der Waals surface area contributed by atoms with E-state index in [0.717, 1.165) is 0 Å². The molecule has 0 aliphatic rings. The molecule has 2 rings (SSSR count). The summed E-state index contributed by atoms with van der Waals surface area (Å²) in [6.45, 7) is 0. The molecule has 1 aromatic carbocycles. The van der Waals surface area contributed by atoms with Crippen LogP contribution < -0.4 is 9.62 Å². The van der Waals surface area contributed by atoms with E-state index in [1.807, 2.05) is 0 Å². The summed E-state index contributed by atoms with van der Waals surface area (Å²) in [5.74, 6) is 0. The Balaban J connectivity index is 2.50. The molecule has 10 heteroatoms. The fraction of sp³-hybridized carbons (Fsp3) is 0.273. The number of hydrogen-bond donors (Lipinski definition) is 1. The number of hydrogen-bond acceptors (Lipinski definition) is 5. The van der Waals surface area contributed by atoms with Gasteiger partial charge in [0.05, 0.1) is 16.4 Å². The fourth-order valence-corrected chi connectivity index (χ4v) is 4.36. The van der Waals surface area contributed by atoms with Crippen molar-refractivity contribution in [3.05, 3.63) is 27.8 Å². The fourth-order valence-electron chi connectivity index (χ4n) is 1.85. The third-order valence-corrected chi connectivity index (χ3v) is 5.23. The molecule has 0 saturated carbocycles. The van der Waals surface area contributed by atoms with Gasteiger partial charge in [0.15, 0.2) is 4.60 Å². The second kappa shape index (κ2) is 5.82. The van der Waals surface area contributed by atoms with Crippen LogP contribution in [0, 0.1) is 0 Å². The van der Waals surface area contributed by atoms with Crippen molar-refractivity contribution in [2.75, 3.05) is 23.7 Å². The number of nitrogens with one attached hydrogen (secondary N) is 1. The van der Waals surface area contributed by atoms with Gasteiger partial charge in [0.2, 0.25) is 5.03 Å². The van der Waals surface area contributed by atoms with Gasteiger partial charge in [0, 0.05) is 21.1 Å². The number of aryl methyl sites for hydroxylation is 1. The molecule has 1 heterocycles. The van der Waals surface area contributed by atoms with Gasteiger partial charge in [0.25, 0.3) is 10.0 Å². The molecule has 1 aromatic heterocycles. The zero-order valence-corrected chi connectivity index (χ0v) is 14.7. The minimum Gasteiger partial charge on any atom is -0.375 e. The van der Waals surface area contributed by atoms with Crippen LogP contribution >= 0.6 is 27.5 Å². The molecule has 2 aromatic rings. The molecule has 0 aliphatic heterocycles. The number of aromatic nitrogens is 3. The molecular formula is C11H13BrClN5O2S. The lowest BCUT2D eigenvalue weighted by atomic mass is 10.2. The summed E-state index contributed by atoms with van der Waals surface area (Å²) in [5.41, 5.74) is 0.953. The van der Waals surface area contributed by atoms with Crippen molar-refractivity contribution < 1.29 is 8.42 Å². The lowest BCUT2D eigenvalue weighted by molar-refractivity contribution is 0.578. The standard InChI is InChI=1S/C11H13BrClN5O2S/c1-17(2)9-7(13)5-4-6-8(9)15-21(19,20)11-10(12)14-16-18(11)3/h4-6,15H,1-3H3. The zero-order valence-electron chi connectivity index (χ0n) is 11.5. The van der Waals surface area contributed by atoms with Crippen molar-refractivity contribution in [1.29, 1.82) is 0 Å². The topological polar surface area (TPSA) is 80.1 Å². The minimum absolute atomic E-state index is 0.0628. The molecule has 1 N–H and O–H groups in total. The van der Waals surface area contributed by atoms with Crippen molar-refractivity contribution in [3.63, 3.8) is 0 Å². The van der Waals surface area contributed by atoms with E-state index in [4.69, 9.17) is 11.6 Å². The van der Waals surface area contributed by atoms with Gasteiger partial charge in [-0.1, -0.05) is 22.9 Å². The van der Waals surface area contributed by atoms with Gasteiger partial charge in [-0.3, -0.25) is 4.72 Å². The van der Waals surface area contributed by atoms with Crippen LogP contribution in [0.4, 0.5) is 11.4 Å². The number of para-hydroxylation sites is 1. The first-order valence-electron chi connectivity index (χ1n) is 5.78. The maximum Gasteiger partial charge on any atom is 0.281 e. The van der Waals surface area contributed by atoms with Gasteiger partial charge in [0.1, 0.15) is 0 Å². The van der Waals surface area contributed by atoms with E-state index in [1.165, 1.54) is 11.7 Å². The molecule has 0 bridgehead atoms. The van der Waals surface area contributed by atoms with Gasteiger partial charge in [-0.05, 0) is 28.1 Å². The van der Waals surface area contributed by atoms with Crippen molar-refractivity contribution in [2.45, 2.75) is 5.03 Å². The van der Waals surface area contributed by atoms with E-state index >= 15 is 0 Å². The third-order valence-electron chi connectivity index (χ3n) is 2.67. The quantitative estimate of drug-likeness (QED) is 0.859. The van der Waals surface area contributed by atoms with Gasteiger partial charge < -0.3 is 4.90 Å². The molecule has 0 radical (unpaired) electrons. The van der Waals surface area contributed by atoms with Gasteiger partial charge >= 0.3 is 0 Å². The molecule has 0 amide bonds. The highest BCUT2D eigenvalue weighted by Crippen LogP contribution is 2.34. The monoisotopic (exact) mass is 393 g/mol. The van der Waals surface area contributed by atoms with E-state index in [-0.39, 0.29) is 9.63 Å². The molecular weight excluding hydrogens is 382 g/mol. The van der Waals surface area contributed by atoms with Crippen molar-refractivity contribution >= 4 is 48.9 Å². The number of anilines is 2. The Morgan fingerprint density at radius 1 is 1.38 bits per heavy atom. The average Bonchev–Trinajstić information content (AvgIpc) is 2.68. The summed E-state index contributed by atoms with van der Waals surface area (Å²) in [4.78, 5) is 1.73. The first kappa shape index (κ1) is 16.1. The predicted molar refractivity (Wildman–Crippen MR) is 85.3 cm³/mol. The Morgan fingerprint density at radius 3 is 2.57 bits per heavy atom. The van der Waals surface area contributed by atoms with Crippen LogP contribution in [0.2, 0.25) is 5.02 Å². The Labute approximate surface area is 136 Å². The molecule has 0 unspecified atom stereocenters. The Kier molecular flexibility index (Phi) is 4.45. The molecule has 7 nitrogen and oxygen atoms in total. The molecule has 0 aliphatic carbocycles. The van der Waals surface area contributed by atoms with E-state index in [2.05, 4.69) is 31.0 Å². The molecule has 0 spiro atoms. The highest BCUT2D eigenvalue weighted by atomic mass is 79.9. The second-order valence-corrected chi connectivity index (χ2v) is 7.20. The minimum atomic E-state index is -3.85. The Bertz CT molecular complexity index is 755. The summed E-state index contributed by atoms with van der Waals surface area (Å²) < 4.78 is 28.8. The summed E-state index contributed by atoms with van der Waals surface area (Å²) in [5, 5.41) is 7.72. The lowest BCUT2D eigenvalue weighted by Gasteiger charge is -2.19. The van der Waals surface area contributed by atoms with Crippen LogP contribution in [0.1, 0.15) is 0 Å². The van der Waals surface area contributed by atoms with Gasteiger partial charge in [-0.25, -0.2) is 4.68 Å². The second-order valence-electron chi connectivity index (χ2n) is 4.44. The van der Waals surface area contributed by atoms with E-state index in [0.29, 0.717) is 16.4 Å². The van der Waals surface area contributed by atoms with Gasteiger partial charge in [-0.15, -0.1) is 5.10 Å². The molecule has 0 atom stereocenters. The lowest BCUT2D eigenvalue weighted by Crippen LogP contribution is -2.20. The Hall–Kier alpha value is -1.32. The molecule has 114 valence electrons. The number of halogens is 2. The van der Waals surface area contributed by atoms with Crippen LogP contribution in [-0.4, -0.2) is 37.5 Å². The number of benzene rings is 1. The Morgan fingerprint density at radius 2 is 2.05 bits per heavy atom.